The molecule has 0 spiro atoms. The average molecular weight is 502 g/mol. The second-order valence-corrected chi connectivity index (χ2v) is 9.89. The molecule has 0 radical (unpaired) electrons. The molecular weight excluding hydrogens is 474 g/mol. The van der Waals surface area contributed by atoms with Gasteiger partial charge in [-0.25, -0.2) is 0 Å². The highest BCUT2D eigenvalue weighted by molar-refractivity contribution is 7.87. The Labute approximate surface area is 211 Å². The van der Waals surface area contributed by atoms with E-state index in [1.165, 1.54) is 24.3 Å². The lowest BCUT2D eigenvalue weighted by Crippen LogP contribution is -2.36. The summed E-state index contributed by atoms with van der Waals surface area (Å²) in [6.45, 7) is 0.104. The summed E-state index contributed by atoms with van der Waals surface area (Å²) in [5.41, 5.74) is 8.90. The normalized spacial score (nSPS) is 12.9. The standard InChI is InChI=1S/C29H27NO5S/c30-27(19-22-11-4-1-5-12-22)28(29(31)34-21-23-13-6-2-7-14-23)24-15-10-16-25(20-24)35-36(32,33)26-17-8-3-9-18-26/h1-18,20,27-28H,19,21,30H2. The molecule has 4 aromatic rings. The third-order valence-electron chi connectivity index (χ3n) is 5.68. The zero-order chi connectivity index (χ0) is 25.4. The number of carbonyl (C=O) groups is 1. The fourth-order valence-electron chi connectivity index (χ4n) is 3.90. The SMILES string of the molecule is NC(Cc1ccccc1)C(C(=O)OCc1ccccc1)c1cccc(OS(=O)(=O)c2ccccc2)c1. The minimum atomic E-state index is -4.04. The molecule has 0 heterocycles. The van der Waals surface area contributed by atoms with Crippen molar-refractivity contribution >= 4 is 16.1 Å². The number of hydrogen-bond donors (Lipinski definition) is 1. The Morgan fingerprint density at radius 2 is 1.33 bits per heavy atom. The summed E-state index contributed by atoms with van der Waals surface area (Å²) < 4.78 is 36.4. The Kier molecular flexibility index (Phi) is 8.15. The molecule has 4 rings (SSSR count). The summed E-state index contributed by atoms with van der Waals surface area (Å²) in [6, 6.07) is 32.7. The number of ether oxygens (including phenoxy) is 1. The molecule has 0 amide bonds. The summed E-state index contributed by atoms with van der Waals surface area (Å²) >= 11 is 0. The number of esters is 1. The fraction of sp³-hybridized carbons (Fsp3) is 0.138. The summed E-state index contributed by atoms with van der Waals surface area (Å²) in [4.78, 5) is 13.3. The topological polar surface area (TPSA) is 95.7 Å². The lowest BCUT2D eigenvalue weighted by molar-refractivity contribution is -0.147. The van der Waals surface area contributed by atoms with E-state index < -0.39 is 28.0 Å². The van der Waals surface area contributed by atoms with Gasteiger partial charge in [0.1, 0.15) is 17.3 Å². The van der Waals surface area contributed by atoms with Crippen LogP contribution in [0.1, 0.15) is 22.6 Å². The van der Waals surface area contributed by atoms with Crippen LogP contribution >= 0.6 is 0 Å². The maximum Gasteiger partial charge on any atom is 0.339 e. The first-order valence-electron chi connectivity index (χ1n) is 11.5. The van der Waals surface area contributed by atoms with Crippen LogP contribution in [0.2, 0.25) is 0 Å². The highest BCUT2D eigenvalue weighted by Crippen LogP contribution is 2.28. The van der Waals surface area contributed by atoms with Crippen molar-refractivity contribution in [3.05, 3.63) is 132 Å². The van der Waals surface area contributed by atoms with Crippen LogP contribution in [0, 0.1) is 0 Å². The molecule has 0 aliphatic rings. The molecule has 0 aliphatic heterocycles. The van der Waals surface area contributed by atoms with Gasteiger partial charge in [-0.05, 0) is 47.4 Å². The van der Waals surface area contributed by atoms with Gasteiger partial charge in [-0.15, -0.1) is 0 Å². The van der Waals surface area contributed by atoms with Crippen LogP contribution in [0.4, 0.5) is 0 Å². The molecule has 2 unspecified atom stereocenters. The molecule has 0 aliphatic carbocycles. The second kappa shape index (κ2) is 11.7. The third kappa shape index (κ3) is 6.59. The fourth-order valence-corrected chi connectivity index (χ4v) is 4.85. The quantitative estimate of drug-likeness (QED) is 0.247. The van der Waals surface area contributed by atoms with Crippen molar-refractivity contribution in [3.8, 4) is 5.75 Å². The maximum absolute atomic E-state index is 13.3. The molecule has 0 aromatic heterocycles. The number of carbonyl (C=O) groups excluding carboxylic acids is 1. The third-order valence-corrected chi connectivity index (χ3v) is 6.94. The molecule has 0 bridgehead atoms. The summed E-state index contributed by atoms with van der Waals surface area (Å²) in [5, 5.41) is 0. The van der Waals surface area contributed by atoms with Crippen LogP contribution in [0.3, 0.4) is 0 Å². The van der Waals surface area contributed by atoms with E-state index >= 15 is 0 Å². The van der Waals surface area contributed by atoms with Crippen molar-refractivity contribution in [2.45, 2.75) is 29.9 Å². The van der Waals surface area contributed by atoms with Crippen molar-refractivity contribution in [3.63, 3.8) is 0 Å². The van der Waals surface area contributed by atoms with Crippen LogP contribution < -0.4 is 9.92 Å². The van der Waals surface area contributed by atoms with Crippen LogP contribution in [0.25, 0.3) is 0 Å². The van der Waals surface area contributed by atoms with Gasteiger partial charge in [-0.1, -0.05) is 91.0 Å². The van der Waals surface area contributed by atoms with Gasteiger partial charge < -0.3 is 14.7 Å². The largest absolute Gasteiger partial charge is 0.460 e. The van der Waals surface area contributed by atoms with Gasteiger partial charge in [0.25, 0.3) is 0 Å². The van der Waals surface area contributed by atoms with E-state index in [0.717, 1.165) is 11.1 Å². The summed E-state index contributed by atoms with van der Waals surface area (Å²) in [6.07, 6.45) is 0.430. The summed E-state index contributed by atoms with van der Waals surface area (Å²) in [7, 11) is -4.04. The molecule has 36 heavy (non-hydrogen) atoms. The molecule has 184 valence electrons. The van der Waals surface area contributed by atoms with Crippen molar-refractivity contribution < 1.29 is 22.1 Å². The second-order valence-electron chi connectivity index (χ2n) is 8.35. The van der Waals surface area contributed by atoms with Gasteiger partial charge in [0, 0.05) is 6.04 Å². The molecule has 2 atom stereocenters. The van der Waals surface area contributed by atoms with Gasteiger partial charge in [0.2, 0.25) is 0 Å². The molecule has 0 saturated carbocycles. The Morgan fingerprint density at radius 3 is 1.97 bits per heavy atom. The first-order valence-corrected chi connectivity index (χ1v) is 12.9. The minimum absolute atomic E-state index is 0.0370. The predicted molar refractivity (Wildman–Crippen MR) is 138 cm³/mol. The smallest absolute Gasteiger partial charge is 0.339 e. The Bertz CT molecular complexity index is 1380. The van der Waals surface area contributed by atoms with E-state index in [-0.39, 0.29) is 17.3 Å². The lowest BCUT2D eigenvalue weighted by atomic mass is 9.88. The first-order chi connectivity index (χ1) is 17.4. The van der Waals surface area contributed by atoms with E-state index in [4.69, 9.17) is 14.7 Å². The van der Waals surface area contributed by atoms with Gasteiger partial charge in [-0.3, -0.25) is 4.79 Å². The summed E-state index contributed by atoms with van der Waals surface area (Å²) in [5.74, 6) is -1.24. The molecule has 4 aromatic carbocycles. The van der Waals surface area contributed by atoms with Gasteiger partial charge >= 0.3 is 16.1 Å². The van der Waals surface area contributed by atoms with Crippen molar-refractivity contribution in [1.29, 1.82) is 0 Å². The van der Waals surface area contributed by atoms with Crippen LogP contribution in [0.5, 0.6) is 5.75 Å². The molecule has 0 fully saturated rings. The first kappa shape index (κ1) is 25.2. The Hall–Kier alpha value is -3.94. The van der Waals surface area contributed by atoms with E-state index in [9.17, 15) is 13.2 Å². The number of benzene rings is 4. The number of rotatable bonds is 10. The van der Waals surface area contributed by atoms with Gasteiger partial charge in [0.15, 0.2) is 0 Å². The Morgan fingerprint density at radius 1 is 0.750 bits per heavy atom. The zero-order valence-corrected chi connectivity index (χ0v) is 20.4. The van der Waals surface area contributed by atoms with Crippen LogP contribution in [0.15, 0.2) is 120 Å². The van der Waals surface area contributed by atoms with E-state index in [0.29, 0.717) is 12.0 Å². The van der Waals surface area contributed by atoms with E-state index in [1.54, 1.807) is 30.3 Å². The van der Waals surface area contributed by atoms with E-state index in [1.807, 2.05) is 60.7 Å². The molecular formula is C29H27NO5S. The van der Waals surface area contributed by atoms with Crippen molar-refractivity contribution in [2.75, 3.05) is 0 Å². The highest BCUT2D eigenvalue weighted by atomic mass is 32.2. The molecule has 0 saturated heterocycles. The van der Waals surface area contributed by atoms with Gasteiger partial charge in [0.05, 0.1) is 5.92 Å². The monoisotopic (exact) mass is 501 g/mol. The minimum Gasteiger partial charge on any atom is -0.460 e. The maximum atomic E-state index is 13.3. The van der Waals surface area contributed by atoms with Crippen molar-refractivity contribution in [2.24, 2.45) is 5.73 Å². The predicted octanol–water partition coefficient (Wildman–Crippen LogP) is 4.85. The van der Waals surface area contributed by atoms with Crippen LogP contribution in [-0.2, 0) is 32.7 Å². The number of nitrogens with two attached hydrogens (primary N) is 1. The molecule has 6 nitrogen and oxygen atoms in total. The lowest BCUT2D eigenvalue weighted by Gasteiger charge is -2.23. The van der Waals surface area contributed by atoms with Crippen molar-refractivity contribution in [1.82, 2.24) is 0 Å². The van der Waals surface area contributed by atoms with E-state index in [2.05, 4.69) is 0 Å². The van der Waals surface area contributed by atoms with Gasteiger partial charge in [-0.2, -0.15) is 8.42 Å². The Balaban J connectivity index is 1.60. The molecule has 2 N–H and O–H groups in total. The average Bonchev–Trinajstić information content (AvgIpc) is 2.89. The zero-order valence-electron chi connectivity index (χ0n) is 19.6. The highest BCUT2D eigenvalue weighted by Gasteiger charge is 2.30. The number of hydrogen-bond acceptors (Lipinski definition) is 6. The molecule has 7 heteroatoms. The van der Waals surface area contributed by atoms with Crippen LogP contribution in [-0.4, -0.2) is 20.4 Å².